The minimum absolute atomic E-state index is 0.105. The van der Waals surface area contributed by atoms with Crippen LogP contribution in [-0.2, 0) is 5.41 Å². The zero-order valence-corrected chi connectivity index (χ0v) is 25.4. The Bertz CT molecular complexity index is 2640. The lowest BCUT2D eigenvalue weighted by Crippen LogP contribution is -2.15. The summed E-state index contributed by atoms with van der Waals surface area (Å²) < 4.78 is 0. The van der Waals surface area contributed by atoms with Gasteiger partial charge in [-0.25, -0.2) is 0 Å². The van der Waals surface area contributed by atoms with E-state index in [-0.39, 0.29) is 5.41 Å². The smallest absolute Gasteiger partial charge is 0.0165 e. The number of benzene rings is 9. The van der Waals surface area contributed by atoms with E-state index < -0.39 is 0 Å². The monoisotopic (exact) mass is 570 g/mol. The summed E-state index contributed by atoms with van der Waals surface area (Å²) in [5.41, 5.74) is 10.6. The first-order valence-corrected chi connectivity index (χ1v) is 15.9. The largest absolute Gasteiger partial charge is 0.0616 e. The Kier molecular flexibility index (Phi) is 4.88. The van der Waals surface area contributed by atoms with Crippen molar-refractivity contribution in [2.24, 2.45) is 0 Å². The third-order valence-electron chi connectivity index (χ3n) is 10.6. The molecule has 45 heavy (non-hydrogen) atoms. The van der Waals surface area contributed by atoms with Crippen LogP contribution in [0.1, 0.15) is 25.0 Å². The molecule has 1 aliphatic rings. The third-order valence-corrected chi connectivity index (χ3v) is 10.6. The Labute approximate surface area is 262 Å². The molecule has 0 N–H and O–H groups in total. The van der Waals surface area contributed by atoms with Gasteiger partial charge in [0.05, 0.1) is 0 Å². The van der Waals surface area contributed by atoms with E-state index in [1.165, 1.54) is 98.4 Å². The van der Waals surface area contributed by atoms with E-state index in [4.69, 9.17) is 0 Å². The highest BCUT2D eigenvalue weighted by Gasteiger charge is 2.38. The maximum absolute atomic E-state index is 2.45. The Morgan fingerprint density at radius 1 is 0.378 bits per heavy atom. The summed E-state index contributed by atoms with van der Waals surface area (Å²) in [5.74, 6) is 0. The van der Waals surface area contributed by atoms with E-state index in [9.17, 15) is 0 Å². The number of hydrogen-bond donors (Lipinski definition) is 0. The highest BCUT2D eigenvalue weighted by atomic mass is 14.4. The summed E-state index contributed by atoms with van der Waals surface area (Å²) in [5, 5.41) is 13.4. The Morgan fingerprint density at radius 2 is 0.933 bits per heavy atom. The van der Waals surface area contributed by atoms with Gasteiger partial charge in [-0.05, 0) is 104 Å². The van der Waals surface area contributed by atoms with Gasteiger partial charge in [0.25, 0.3) is 0 Å². The molecule has 0 radical (unpaired) electrons. The van der Waals surface area contributed by atoms with Crippen molar-refractivity contribution in [3.05, 3.63) is 157 Å². The average Bonchev–Trinajstić information content (AvgIpc) is 3.33. The molecule has 0 saturated carbocycles. The van der Waals surface area contributed by atoms with E-state index in [0.29, 0.717) is 0 Å². The van der Waals surface area contributed by atoms with Gasteiger partial charge in [-0.3, -0.25) is 0 Å². The molecule has 0 aliphatic heterocycles. The Hall–Kier alpha value is -5.46. The molecule has 0 spiro atoms. The minimum Gasteiger partial charge on any atom is -0.0616 e. The summed E-state index contributed by atoms with van der Waals surface area (Å²) >= 11 is 0. The summed E-state index contributed by atoms with van der Waals surface area (Å²) in [6.07, 6.45) is 0. The summed E-state index contributed by atoms with van der Waals surface area (Å²) in [7, 11) is 0. The van der Waals surface area contributed by atoms with Crippen molar-refractivity contribution in [1.82, 2.24) is 0 Å². The molecule has 0 bridgehead atoms. The van der Waals surface area contributed by atoms with Crippen LogP contribution in [0.3, 0.4) is 0 Å². The molecule has 9 aromatic rings. The van der Waals surface area contributed by atoms with E-state index >= 15 is 0 Å². The quantitative estimate of drug-likeness (QED) is 0.181. The summed E-state index contributed by atoms with van der Waals surface area (Å²) in [4.78, 5) is 0. The van der Waals surface area contributed by atoms with Crippen LogP contribution in [0.5, 0.6) is 0 Å². The van der Waals surface area contributed by atoms with Gasteiger partial charge >= 0.3 is 0 Å². The van der Waals surface area contributed by atoms with Crippen LogP contribution in [0.15, 0.2) is 146 Å². The maximum Gasteiger partial charge on any atom is 0.0165 e. The molecular formula is C45H30. The van der Waals surface area contributed by atoms with Crippen molar-refractivity contribution in [3.8, 4) is 33.4 Å². The maximum atomic E-state index is 2.45. The molecule has 0 nitrogen and oxygen atoms in total. The van der Waals surface area contributed by atoms with Gasteiger partial charge in [-0.2, -0.15) is 0 Å². The fourth-order valence-electron chi connectivity index (χ4n) is 8.49. The number of rotatable bonds is 2. The SMILES string of the molecule is CC1(C)c2cc(-c3ccc(-c4ccc5ccc6cccc7ccc4c5c67)cc3)ccc2-c2c1c1ccccc1c1ccccc21. The third kappa shape index (κ3) is 3.32. The second kappa shape index (κ2) is 8.80. The van der Waals surface area contributed by atoms with Crippen LogP contribution < -0.4 is 0 Å². The van der Waals surface area contributed by atoms with Crippen LogP contribution >= 0.6 is 0 Å². The molecule has 210 valence electrons. The molecule has 0 unspecified atom stereocenters. The first kappa shape index (κ1) is 24.9. The topological polar surface area (TPSA) is 0 Å². The van der Waals surface area contributed by atoms with Crippen molar-refractivity contribution in [3.63, 3.8) is 0 Å². The fourth-order valence-corrected chi connectivity index (χ4v) is 8.49. The Morgan fingerprint density at radius 3 is 1.69 bits per heavy atom. The highest BCUT2D eigenvalue weighted by molar-refractivity contribution is 6.25. The predicted octanol–water partition coefficient (Wildman–Crippen LogP) is 12.5. The molecule has 10 rings (SSSR count). The van der Waals surface area contributed by atoms with Crippen molar-refractivity contribution in [1.29, 1.82) is 0 Å². The van der Waals surface area contributed by atoms with Gasteiger partial charge in [0.15, 0.2) is 0 Å². The fraction of sp³-hybridized carbons (Fsp3) is 0.0667. The van der Waals surface area contributed by atoms with E-state index in [1.807, 2.05) is 0 Å². The molecule has 0 heterocycles. The molecule has 0 fully saturated rings. The van der Waals surface area contributed by atoms with Crippen molar-refractivity contribution >= 4 is 53.9 Å². The van der Waals surface area contributed by atoms with Gasteiger partial charge in [-0.1, -0.05) is 153 Å². The molecule has 0 heteroatoms. The molecule has 0 atom stereocenters. The van der Waals surface area contributed by atoms with Crippen LogP contribution in [0.25, 0.3) is 87.2 Å². The second-order valence-corrected chi connectivity index (χ2v) is 13.3. The second-order valence-electron chi connectivity index (χ2n) is 13.3. The van der Waals surface area contributed by atoms with Crippen molar-refractivity contribution in [2.75, 3.05) is 0 Å². The van der Waals surface area contributed by atoms with Gasteiger partial charge in [0.1, 0.15) is 0 Å². The van der Waals surface area contributed by atoms with Gasteiger partial charge in [0, 0.05) is 5.41 Å². The lowest BCUT2D eigenvalue weighted by atomic mass is 9.79. The summed E-state index contributed by atoms with van der Waals surface area (Å²) in [6.45, 7) is 4.80. The van der Waals surface area contributed by atoms with E-state index in [2.05, 4.69) is 159 Å². The van der Waals surface area contributed by atoms with Gasteiger partial charge in [0.2, 0.25) is 0 Å². The normalized spacial score (nSPS) is 13.7. The zero-order chi connectivity index (χ0) is 29.9. The zero-order valence-electron chi connectivity index (χ0n) is 25.4. The molecule has 9 aromatic carbocycles. The van der Waals surface area contributed by atoms with Crippen LogP contribution in [0.4, 0.5) is 0 Å². The van der Waals surface area contributed by atoms with E-state index in [1.54, 1.807) is 0 Å². The lowest BCUT2D eigenvalue weighted by molar-refractivity contribution is 0.667. The van der Waals surface area contributed by atoms with Crippen LogP contribution in [0.2, 0.25) is 0 Å². The highest BCUT2D eigenvalue weighted by Crippen LogP contribution is 2.55. The molecule has 0 aromatic heterocycles. The van der Waals surface area contributed by atoms with Gasteiger partial charge < -0.3 is 0 Å². The molecule has 0 saturated heterocycles. The first-order chi connectivity index (χ1) is 22.1. The predicted molar refractivity (Wildman–Crippen MR) is 194 cm³/mol. The lowest BCUT2D eigenvalue weighted by Gasteiger charge is -2.24. The van der Waals surface area contributed by atoms with Crippen LogP contribution in [0, 0.1) is 0 Å². The number of fused-ring (bicyclic) bond motifs is 8. The van der Waals surface area contributed by atoms with Crippen molar-refractivity contribution < 1.29 is 0 Å². The minimum atomic E-state index is -0.105. The van der Waals surface area contributed by atoms with E-state index in [0.717, 1.165) is 0 Å². The summed E-state index contributed by atoms with van der Waals surface area (Å²) in [6, 6.07) is 54.5. The standard InChI is InChI=1S/C45H30/c1-45(2)40-26-32(22-25-39(40)43-36-12-5-3-10-34(36)35-11-4-6-13-38(35)44(43)45)27-14-16-28(17-15-27)33-23-20-31-19-18-29-8-7-9-30-21-24-37(33)42(31)41(29)30/h3-26H,1-2H3. The first-order valence-electron chi connectivity index (χ1n) is 15.9. The molecular weight excluding hydrogens is 540 g/mol. The van der Waals surface area contributed by atoms with Crippen molar-refractivity contribution in [2.45, 2.75) is 19.3 Å². The average molecular weight is 571 g/mol. The van der Waals surface area contributed by atoms with Crippen LogP contribution in [-0.4, -0.2) is 0 Å². The number of hydrogen-bond acceptors (Lipinski definition) is 0. The Balaban J connectivity index is 1.11. The molecule has 1 aliphatic carbocycles. The van der Waals surface area contributed by atoms with Gasteiger partial charge in [-0.15, -0.1) is 0 Å². The molecule has 0 amide bonds.